The summed E-state index contributed by atoms with van der Waals surface area (Å²) in [5.41, 5.74) is 5.76. The van der Waals surface area contributed by atoms with E-state index in [0.717, 1.165) is 15.9 Å². The number of nitrogens with two attached hydrogens (primary N) is 1. The molecule has 4 atom stereocenters. The first-order valence-corrected chi connectivity index (χ1v) is 18.2. The number of amides is 4. The number of carbonyl (C=O) groups excluding carboxylic acids is 4. The summed E-state index contributed by atoms with van der Waals surface area (Å²) in [5.74, 6) is -4.96. The molecule has 4 amide bonds. The van der Waals surface area contributed by atoms with Gasteiger partial charge in [0.05, 0.1) is 22.4 Å². The average Bonchev–Trinajstić information content (AvgIpc) is 3.27. The highest BCUT2D eigenvalue weighted by molar-refractivity contribution is 7.94. The zero-order chi connectivity index (χ0) is 37.9. The summed E-state index contributed by atoms with van der Waals surface area (Å²) in [6.45, 7) is 6.06. The van der Waals surface area contributed by atoms with E-state index in [9.17, 15) is 55.8 Å². The van der Waals surface area contributed by atoms with Crippen LogP contribution >= 0.6 is 0 Å². The number of nitrogens with one attached hydrogen (secondary N) is 1. The van der Waals surface area contributed by atoms with Crippen LogP contribution < -0.4 is 11.1 Å². The molecule has 1 aromatic heterocycles. The quantitative estimate of drug-likeness (QED) is 0.130. The number of aromatic nitrogens is 1. The van der Waals surface area contributed by atoms with Crippen molar-refractivity contribution in [2.45, 2.75) is 66.4 Å². The maximum Gasteiger partial charge on any atom is 0.328 e. The molecule has 0 bridgehead atoms. The molecule has 5 N–H and O–H groups in total. The molecule has 0 aromatic carbocycles. The number of carbonyl (C=O) groups is 6. The van der Waals surface area contributed by atoms with Gasteiger partial charge < -0.3 is 36.0 Å². The van der Waals surface area contributed by atoms with E-state index in [1.807, 2.05) is 0 Å². The second kappa shape index (κ2) is 12.9. The summed E-state index contributed by atoms with van der Waals surface area (Å²) in [5, 5.41) is 18.7. The Bertz CT molecular complexity index is 1950. The fraction of sp³-hybridized carbons (Fsp3) is 0.500. The van der Waals surface area contributed by atoms with E-state index in [0.29, 0.717) is 30.8 Å². The molecule has 0 spiro atoms. The molecule has 5 rings (SSSR count). The zero-order valence-corrected chi connectivity index (χ0v) is 29.6. The Kier molecular flexibility index (Phi) is 9.82. The number of nitrogens with zero attached hydrogens (tertiary/aromatic N) is 4. The van der Waals surface area contributed by atoms with Crippen LogP contribution in [0, 0.1) is 0 Å². The van der Waals surface area contributed by atoms with E-state index in [1.54, 1.807) is 0 Å². The Morgan fingerprint density at radius 2 is 1.38 bits per heavy atom. The number of pyridine rings is 1. The molecule has 272 valence electrons. The topological polar surface area (TPSA) is 272 Å². The molecule has 0 saturated carbocycles. The molecular weight excluding hydrogens is 700 g/mol. The third kappa shape index (κ3) is 5.73. The summed E-state index contributed by atoms with van der Waals surface area (Å²) in [7, 11) is -4.94. The summed E-state index contributed by atoms with van der Waals surface area (Å²) in [6, 6.07) is 0.0919. The lowest BCUT2D eigenvalue weighted by atomic mass is 9.95. The van der Waals surface area contributed by atoms with Crippen LogP contribution in [0.4, 0.5) is 0 Å². The van der Waals surface area contributed by atoms with Gasteiger partial charge in [0.1, 0.15) is 9.49 Å². The number of carboxylic acid groups (broad SMARTS) is 2. The van der Waals surface area contributed by atoms with Crippen LogP contribution in [0.2, 0.25) is 0 Å². The van der Waals surface area contributed by atoms with Crippen molar-refractivity contribution < 1.29 is 55.8 Å². The first kappa shape index (κ1) is 38.1. The van der Waals surface area contributed by atoms with E-state index in [1.165, 1.54) is 71.1 Å². The lowest BCUT2D eigenvalue weighted by molar-refractivity contribution is -0.152. The molecule has 4 aliphatic rings. The average molecular weight is 739 g/mol. The minimum absolute atomic E-state index is 0.0329. The highest BCUT2D eigenvalue weighted by Crippen LogP contribution is 2.49. The van der Waals surface area contributed by atoms with Crippen molar-refractivity contribution in [2.75, 3.05) is 27.2 Å². The largest absolute Gasteiger partial charge is 0.480 e. The van der Waals surface area contributed by atoms with Crippen LogP contribution in [0.5, 0.6) is 0 Å². The van der Waals surface area contributed by atoms with Crippen molar-refractivity contribution >= 4 is 61.3 Å². The number of β-lactam (4-membered cyclic amide) rings is 2. The van der Waals surface area contributed by atoms with Gasteiger partial charge in [0.25, 0.3) is 17.7 Å². The van der Waals surface area contributed by atoms with Crippen molar-refractivity contribution in [3.8, 4) is 0 Å². The van der Waals surface area contributed by atoms with Gasteiger partial charge in [-0.25, -0.2) is 26.4 Å². The van der Waals surface area contributed by atoms with E-state index in [2.05, 4.69) is 10.3 Å². The fourth-order valence-corrected chi connectivity index (χ4v) is 10.4. The van der Waals surface area contributed by atoms with Crippen LogP contribution in [0.15, 0.2) is 35.6 Å². The van der Waals surface area contributed by atoms with Crippen molar-refractivity contribution in [1.29, 1.82) is 0 Å². The van der Waals surface area contributed by atoms with Gasteiger partial charge in [-0.3, -0.25) is 24.2 Å². The molecule has 0 aliphatic carbocycles. The monoisotopic (exact) mass is 738 g/mol. The van der Waals surface area contributed by atoms with E-state index < -0.39 is 81.7 Å². The van der Waals surface area contributed by atoms with Gasteiger partial charge in [0.2, 0.25) is 5.91 Å². The number of aliphatic carboxylic acids is 2. The molecule has 50 heavy (non-hydrogen) atoms. The maximum absolute atomic E-state index is 12.8. The molecule has 4 aliphatic heterocycles. The van der Waals surface area contributed by atoms with Crippen molar-refractivity contribution in [2.24, 2.45) is 5.73 Å². The van der Waals surface area contributed by atoms with Gasteiger partial charge in [-0.15, -0.1) is 0 Å². The molecule has 4 saturated heterocycles. The number of likely N-dealkylation sites (N-methyl/N-ethyl adjacent to an activating group) is 1. The van der Waals surface area contributed by atoms with Gasteiger partial charge in [-0.2, -0.15) is 0 Å². The predicted octanol–water partition coefficient (Wildman–Crippen LogP) is -1.80. The SMILES string of the molecule is CC1(C)[C@H](C(=O)O)N2C(=O)/C(=C/c3ccc(C(=O)NCCCN)cn3)[C@H]2S1(=O)=O.CN(C)C(=O)/C=C1/C(=O)N2[C@@H](C(=O)O)C(C)(C)S(=O)(=O)[C@H]12. The first-order chi connectivity index (χ1) is 23.0. The maximum atomic E-state index is 12.8. The number of carboxylic acids is 2. The fourth-order valence-electron chi connectivity index (χ4n) is 6.14. The Morgan fingerprint density at radius 1 is 0.900 bits per heavy atom. The minimum atomic E-state index is -3.94. The smallest absolute Gasteiger partial charge is 0.328 e. The summed E-state index contributed by atoms with van der Waals surface area (Å²) in [4.78, 5) is 78.0. The van der Waals surface area contributed by atoms with Gasteiger partial charge in [0.15, 0.2) is 42.5 Å². The summed E-state index contributed by atoms with van der Waals surface area (Å²) < 4.78 is 47.4. The van der Waals surface area contributed by atoms with Crippen LogP contribution in [0.3, 0.4) is 0 Å². The molecule has 0 unspecified atom stereocenters. The Balaban J connectivity index is 0.000000237. The van der Waals surface area contributed by atoms with Gasteiger partial charge >= 0.3 is 11.9 Å². The second-order valence-electron chi connectivity index (χ2n) is 13.2. The van der Waals surface area contributed by atoms with Crippen molar-refractivity contribution in [3.05, 3.63) is 46.8 Å². The third-order valence-electron chi connectivity index (χ3n) is 9.13. The molecule has 20 heteroatoms. The van der Waals surface area contributed by atoms with E-state index >= 15 is 0 Å². The van der Waals surface area contributed by atoms with Gasteiger partial charge in [-0.1, -0.05) is 0 Å². The van der Waals surface area contributed by atoms with E-state index in [-0.39, 0.29) is 17.1 Å². The molecular formula is C30H38N6O12S2. The summed E-state index contributed by atoms with van der Waals surface area (Å²) in [6.07, 6.45) is 4.24. The normalized spacial score (nSPS) is 27.7. The number of fused-ring (bicyclic) bond motifs is 2. The standard InChI is InChI=1S/C18H22N4O6S.C12H16N2O6S/c1-18(2)13(17(25)26)22-15(24)12(16(22)29(18,27)28)8-11-5-4-10(9-21-11)14(23)20-7-3-6-19;1-12(2)8(11(17)18)14-9(16)6(5-7(15)13(3)4)10(14)21(12,19)20/h4-5,8-9,13,16H,3,6-7,19H2,1-2H3,(H,20,23)(H,25,26);5,8,10H,1-4H3,(H,17,18)/b12-8-;6-5-/t13-,16+;8-,10+/m00/s1. The van der Waals surface area contributed by atoms with Crippen LogP contribution in [-0.2, 0) is 43.6 Å². The zero-order valence-electron chi connectivity index (χ0n) is 28.0. The molecule has 5 heterocycles. The Morgan fingerprint density at radius 3 is 1.80 bits per heavy atom. The van der Waals surface area contributed by atoms with E-state index in [4.69, 9.17) is 5.73 Å². The number of hydrogen-bond donors (Lipinski definition) is 4. The van der Waals surface area contributed by atoms with Crippen LogP contribution in [0.1, 0.15) is 50.2 Å². The lowest BCUT2D eigenvalue weighted by Gasteiger charge is -2.37. The molecule has 0 radical (unpaired) electrons. The van der Waals surface area contributed by atoms with Crippen LogP contribution in [-0.4, -0.2) is 142 Å². The molecule has 18 nitrogen and oxygen atoms in total. The lowest BCUT2D eigenvalue weighted by Crippen LogP contribution is -2.59. The van der Waals surface area contributed by atoms with Crippen LogP contribution in [0.25, 0.3) is 6.08 Å². The van der Waals surface area contributed by atoms with Gasteiger partial charge in [-0.05, 0) is 58.9 Å². The molecule has 4 fully saturated rings. The van der Waals surface area contributed by atoms with Crippen molar-refractivity contribution in [1.82, 2.24) is 25.0 Å². The third-order valence-corrected chi connectivity index (χ3v) is 14.7. The highest BCUT2D eigenvalue weighted by atomic mass is 32.2. The predicted molar refractivity (Wildman–Crippen MR) is 175 cm³/mol. The summed E-state index contributed by atoms with van der Waals surface area (Å²) >= 11 is 0. The Hall–Kier alpha value is -4.69. The Labute approximate surface area is 287 Å². The highest BCUT2D eigenvalue weighted by Gasteiger charge is 2.71. The number of rotatable bonds is 8. The van der Waals surface area contributed by atoms with Crippen molar-refractivity contribution in [3.63, 3.8) is 0 Å². The van der Waals surface area contributed by atoms with Gasteiger partial charge in [0, 0.05) is 32.9 Å². The minimum Gasteiger partial charge on any atom is -0.480 e. The first-order valence-electron chi connectivity index (χ1n) is 15.1. The number of sulfone groups is 2. The number of hydrogen-bond acceptors (Lipinski definition) is 12. The molecule has 1 aromatic rings. The second-order valence-corrected chi connectivity index (χ2v) is 18.4.